The van der Waals surface area contributed by atoms with Crippen molar-refractivity contribution in [3.05, 3.63) is 64.2 Å². The molecule has 0 radical (unpaired) electrons. The molecular weight excluding hydrogens is 286 g/mol. The largest absolute Gasteiger partial charge is 0.462 e. The summed E-state index contributed by atoms with van der Waals surface area (Å²) in [6.45, 7) is 1.82. The molecule has 0 heterocycles. The number of nitro benzene ring substituents is 1. The Hall–Kier alpha value is -3.09. The fraction of sp³-hybridized carbons (Fsp3) is 0.133. The Bertz CT molecular complexity index is 714. The minimum atomic E-state index is -0.673. The molecule has 112 valence electrons. The molecule has 2 aromatic rings. The van der Waals surface area contributed by atoms with E-state index in [1.165, 1.54) is 12.1 Å². The van der Waals surface area contributed by atoms with Crippen molar-refractivity contribution in [3.63, 3.8) is 0 Å². The topological polar surface area (TPSA) is 94.2 Å². The van der Waals surface area contributed by atoms with Crippen molar-refractivity contribution < 1.29 is 14.5 Å². The van der Waals surface area contributed by atoms with E-state index < -0.39 is 10.9 Å². The molecule has 2 aromatic carbocycles. The smallest absolute Gasteiger partial charge is 0.340 e. The molecule has 0 amide bonds. The van der Waals surface area contributed by atoms with Gasteiger partial charge in [0.2, 0.25) is 0 Å². The molecular formula is C15H13N3O4. The number of esters is 1. The van der Waals surface area contributed by atoms with Crippen molar-refractivity contribution in [1.29, 1.82) is 0 Å². The molecule has 0 N–H and O–H groups in total. The molecule has 7 heteroatoms. The number of nitrogens with zero attached hydrogens (tertiary/aromatic N) is 3. The molecule has 7 nitrogen and oxygen atoms in total. The molecule has 2 rings (SSSR count). The van der Waals surface area contributed by atoms with Gasteiger partial charge in [0.25, 0.3) is 5.69 Å². The number of carbonyl (C=O) groups is 1. The number of ether oxygens (including phenoxy) is 1. The summed E-state index contributed by atoms with van der Waals surface area (Å²) in [5, 5.41) is 18.8. The number of nitro groups is 1. The highest BCUT2D eigenvalue weighted by Gasteiger charge is 2.17. The molecule has 0 aromatic heterocycles. The van der Waals surface area contributed by atoms with Crippen LogP contribution in [-0.4, -0.2) is 17.5 Å². The van der Waals surface area contributed by atoms with Crippen molar-refractivity contribution >= 4 is 23.0 Å². The van der Waals surface area contributed by atoms with Crippen LogP contribution in [0.25, 0.3) is 0 Å². The lowest BCUT2D eigenvalue weighted by molar-refractivity contribution is -0.384. The first-order valence-corrected chi connectivity index (χ1v) is 6.54. The molecule has 0 aliphatic heterocycles. The summed E-state index contributed by atoms with van der Waals surface area (Å²) < 4.78 is 4.89. The van der Waals surface area contributed by atoms with E-state index in [0.29, 0.717) is 5.69 Å². The molecule has 0 atom stereocenters. The second kappa shape index (κ2) is 7.07. The number of carbonyl (C=O) groups excluding carboxylic acids is 1. The average Bonchev–Trinajstić information content (AvgIpc) is 2.54. The van der Waals surface area contributed by atoms with Crippen LogP contribution < -0.4 is 0 Å². The first kappa shape index (κ1) is 15.3. The zero-order valence-electron chi connectivity index (χ0n) is 11.8. The van der Waals surface area contributed by atoms with Gasteiger partial charge in [-0.25, -0.2) is 4.79 Å². The van der Waals surface area contributed by atoms with Crippen LogP contribution >= 0.6 is 0 Å². The highest BCUT2D eigenvalue weighted by Crippen LogP contribution is 2.27. The number of hydrogen-bond acceptors (Lipinski definition) is 6. The van der Waals surface area contributed by atoms with Crippen LogP contribution in [0.15, 0.2) is 58.8 Å². The molecule has 0 unspecified atom stereocenters. The Labute approximate surface area is 126 Å². The van der Waals surface area contributed by atoms with Crippen LogP contribution in [0.2, 0.25) is 0 Å². The van der Waals surface area contributed by atoms with Crippen LogP contribution in [0.3, 0.4) is 0 Å². The van der Waals surface area contributed by atoms with Gasteiger partial charge in [0.15, 0.2) is 0 Å². The van der Waals surface area contributed by atoms with Gasteiger partial charge in [-0.15, -0.1) is 5.11 Å². The Morgan fingerprint density at radius 2 is 1.91 bits per heavy atom. The standard InChI is InChI=1S/C15H13N3O4/c1-2-22-15(19)13-10-12(18(20)21)8-9-14(13)17-16-11-6-4-3-5-7-11/h3-10H,2H2,1H3. The molecule has 0 bridgehead atoms. The SMILES string of the molecule is CCOC(=O)c1cc([N+](=O)[O-])ccc1N=Nc1ccccc1. The summed E-state index contributed by atoms with van der Waals surface area (Å²) in [7, 11) is 0. The molecule has 0 saturated carbocycles. The highest BCUT2D eigenvalue weighted by molar-refractivity contribution is 5.95. The van der Waals surface area contributed by atoms with Gasteiger partial charge >= 0.3 is 5.97 Å². The van der Waals surface area contributed by atoms with E-state index >= 15 is 0 Å². The van der Waals surface area contributed by atoms with E-state index in [4.69, 9.17) is 4.74 Å². The number of rotatable bonds is 5. The second-order valence-corrected chi connectivity index (χ2v) is 4.21. The average molecular weight is 299 g/mol. The lowest BCUT2D eigenvalue weighted by atomic mass is 10.1. The second-order valence-electron chi connectivity index (χ2n) is 4.21. The third-order valence-electron chi connectivity index (χ3n) is 2.72. The zero-order chi connectivity index (χ0) is 15.9. The third-order valence-corrected chi connectivity index (χ3v) is 2.72. The van der Waals surface area contributed by atoms with Crippen molar-refractivity contribution in [3.8, 4) is 0 Å². The van der Waals surface area contributed by atoms with Gasteiger partial charge in [0.05, 0.1) is 22.8 Å². The summed E-state index contributed by atoms with van der Waals surface area (Å²) in [5.41, 5.74) is 0.626. The van der Waals surface area contributed by atoms with Crippen LogP contribution in [-0.2, 0) is 4.74 Å². The molecule has 0 aliphatic carbocycles. The Morgan fingerprint density at radius 3 is 2.55 bits per heavy atom. The van der Waals surface area contributed by atoms with Crippen molar-refractivity contribution in [1.82, 2.24) is 0 Å². The van der Waals surface area contributed by atoms with Crippen LogP contribution in [0, 0.1) is 10.1 Å². The number of hydrogen-bond donors (Lipinski definition) is 0. The van der Waals surface area contributed by atoms with Crippen LogP contribution in [0.4, 0.5) is 17.1 Å². The van der Waals surface area contributed by atoms with Crippen LogP contribution in [0.1, 0.15) is 17.3 Å². The maximum Gasteiger partial charge on any atom is 0.340 e. The lowest BCUT2D eigenvalue weighted by Gasteiger charge is -2.04. The minimum Gasteiger partial charge on any atom is -0.462 e. The van der Waals surface area contributed by atoms with Gasteiger partial charge in [-0.2, -0.15) is 5.11 Å². The van der Waals surface area contributed by atoms with E-state index in [0.717, 1.165) is 6.07 Å². The fourth-order valence-electron chi connectivity index (χ4n) is 1.70. The molecule has 0 aliphatic rings. The van der Waals surface area contributed by atoms with Gasteiger partial charge in [-0.05, 0) is 25.1 Å². The van der Waals surface area contributed by atoms with Crippen molar-refractivity contribution in [2.24, 2.45) is 10.2 Å². The summed E-state index contributed by atoms with van der Waals surface area (Å²) in [4.78, 5) is 22.1. The van der Waals surface area contributed by atoms with E-state index in [1.54, 1.807) is 31.2 Å². The first-order chi connectivity index (χ1) is 10.6. The highest BCUT2D eigenvalue weighted by atomic mass is 16.6. The fourth-order valence-corrected chi connectivity index (χ4v) is 1.70. The summed E-state index contributed by atoms with van der Waals surface area (Å²) in [6.07, 6.45) is 0. The van der Waals surface area contributed by atoms with Gasteiger partial charge in [-0.3, -0.25) is 10.1 Å². The lowest BCUT2D eigenvalue weighted by Crippen LogP contribution is -2.05. The van der Waals surface area contributed by atoms with E-state index in [9.17, 15) is 14.9 Å². The molecule has 0 saturated heterocycles. The summed E-state index contributed by atoms with van der Waals surface area (Å²) in [6, 6.07) is 12.7. The maximum atomic E-state index is 11.9. The molecule has 0 spiro atoms. The monoisotopic (exact) mass is 299 g/mol. The van der Waals surface area contributed by atoms with E-state index in [1.807, 2.05) is 6.07 Å². The third kappa shape index (κ3) is 3.72. The summed E-state index contributed by atoms with van der Waals surface area (Å²) >= 11 is 0. The number of non-ortho nitro benzene ring substituents is 1. The van der Waals surface area contributed by atoms with Crippen molar-refractivity contribution in [2.75, 3.05) is 6.61 Å². The maximum absolute atomic E-state index is 11.9. The number of azo groups is 1. The number of benzene rings is 2. The summed E-state index contributed by atoms with van der Waals surface area (Å²) in [5.74, 6) is -0.673. The Kier molecular flexibility index (Phi) is 4.92. The van der Waals surface area contributed by atoms with Crippen LogP contribution in [0.5, 0.6) is 0 Å². The van der Waals surface area contributed by atoms with Gasteiger partial charge in [0.1, 0.15) is 5.69 Å². The normalized spacial score (nSPS) is 10.6. The Balaban J connectivity index is 2.39. The zero-order valence-corrected chi connectivity index (χ0v) is 11.8. The van der Waals surface area contributed by atoms with Crippen molar-refractivity contribution in [2.45, 2.75) is 6.92 Å². The molecule has 0 fully saturated rings. The Morgan fingerprint density at radius 1 is 1.18 bits per heavy atom. The quantitative estimate of drug-likeness (QED) is 0.358. The van der Waals surface area contributed by atoms with Gasteiger partial charge in [-0.1, -0.05) is 18.2 Å². The molecule has 22 heavy (non-hydrogen) atoms. The predicted molar refractivity (Wildman–Crippen MR) is 79.7 cm³/mol. The minimum absolute atomic E-state index is 0.00994. The predicted octanol–water partition coefficient (Wildman–Crippen LogP) is 4.19. The first-order valence-electron chi connectivity index (χ1n) is 6.54. The van der Waals surface area contributed by atoms with E-state index in [-0.39, 0.29) is 23.5 Å². The van der Waals surface area contributed by atoms with Gasteiger partial charge < -0.3 is 4.74 Å². The van der Waals surface area contributed by atoms with Gasteiger partial charge in [0, 0.05) is 12.1 Å². The van der Waals surface area contributed by atoms with E-state index in [2.05, 4.69) is 10.2 Å².